The Morgan fingerprint density at radius 2 is 2.07 bits per heavy atom. The Labute approximate surface area is 88.1 Å². The fourth-order valence-corrected chi connectivity index (χ4v) is 1.52. The lowest BCUT2D eigenvalue weighted by atomic mass is 9.89. The summed E-state index contributed by atoms with van der Waals surface area (Å²) in [6.45, 7) is 3.77. The first kappa shape index (κ1) is 11.0. The summed E-state index contributed by atoms with van der Waals surface area (Å²) >= 11 is 5.64. The van der Waals surface area contributed by atoms with Crippen LogP contribution in [-0.4, -0.2) is 0 Å². The van der Waals surface area contributed by atoms with E-state index in [0.717, 1.165) is 0 Å². The van der Waals surface area contributed by atoms with Gasteiger partial charge in [-0.25, -0.2) is 4.39 Å². The zero-order chi connectivity index (χ0) is 10.7. The summed E-state index contributed by atoms with van der Waals surface area (Å²) in [5.74, 6) is -0.837. The lowest BCUT2D eigenvalue weighted by molar-refractivity contribution is 0.540. The van der Waals surface area contributed by atoms with Gasteiger partial charge in [0.25, 0.3) is 0 Å². The lowest BCUT2D eigenvalue weighted by Gasteiger charge is -2.14. The Morgan fingerprint density at radius 3 is 2.57 bits per heavy atom. The van der Waals surface area contributed by atoms with Gasteiger partial charge in [-0.1, -0.05) is 37.6 Å². The third-order valence-corrected chi connectivity index (χ3v) is 2.41. The molecule has 0 saturated heterocycles. The third-order valence-electron chi connectivity index (χ3n) is 2.12. The lowest BCUT2D eigenvalue weighted by Crippen LogP contribution is -2.06. The normalized spacial score (nSPS) is 12.6. The molecule has 0 amide bonds. The van der Waals surface area contributed by atoms with Crippen LogP contribution >= 0.6 is 11.6 Å². The van der Waals surface area contributed by atoms with Crippen molar-refractivity contribution in [2.24, 2.45) is 5.92 Å². The molecular formula is C11H11ClFN. The number of rotatable bonds is 2. The Balaban J connectivity index is 3.19. The van der Waals surface area contributed by atoms with Gasteiger partial charge in [-0.2, -0.15) is 5.26 Å². The minimum Gasteiger partial charge on any atom is -0.205 e. The molecular weight excluding hydrogens is 201 g/mol. The van der Waals surface area contributed by atoms with Crippen LogP contribution in [0.1, 0.15) is 25.3 Å². The molecule has 0 bridgehead atoms. The smallest absolute Gasteiger partial charge is 0.146 e. The van der Waals surface area contributed by atoms with Gasteiger partial charge in [-0.15, -0.1) is 0 Å². The topological polar surface area (TPSA) is 23.8 Å². The molecule has 1 aromatic rings. The van der Waals surface area contributed by atoms with Gasteiger partial charge in [-0.3, -0.25) is 0 Å². The second-order valence-electron chi connectivity index (χ2n) is 3.49. The predicted molar refractivity (Wildman–Crippen MR) is 54.6 cm³/mol. The van der Waals surface area contributed by atoms with Crippen LogP contribution in [0.4, 0.5) is 4.39 Å². The molecule has 0 heterocycles. The maximum Gasteiger partial charge on any atom is 0.146 e. The fraction of sp³-hybridized carbons (Fsp3) is 0.364. The van der Waals surface area contributed by atoms with Crippen molar-refractivity contribution in [1.29, 1.82) is 5.26 Å². The van der Waals surface area contributed by atoms with E-state index < -0.39 is 11.7 Å². The Bertz CT molecular complexity index is 368. The molecule has 0 radical (unpaired) electrons. The molecule has 0 spiro atoms. The van der Waals surface area contributed by atoms with Gasteiger partial charge in [-0.05, 0) is 12.0 Å². The Morgan fingerprint density at radius 1 is 1.43 bits per heavy atom. The minimum absolute atomic E-state index is 0.0726. The molecule has 0 fully saturated rings. The maximum absolute atomic E-state index is 13.5. The van der Waals surface area contributed by atoms with E-state index in [1.54, 1.807) is 12.1 Å². The summed E-state index contributed by atoms with van der Waals surface area (Å²) < 4.78 is 13.5. The highest BCUT2D eigenvalue weighted by Gasteiger charge is 2.19. The van der Waals surface area contributed by atoms with Gasteiger partial charge in [0.15, 0.2) is 0 Å². The predicted octanol–water partition coefficient (Wildman–Crippen LogP) is 3.74. The van der Waals surface area contributed by atoms with Gasteiger partial charge >= 0.3 is 0 Å². The SMILES string of the molecule is CC(C)C(C#N)c1cccc(Cl)c1F. The molecule has 1 rings (SSSR count). The summed E-state index contributed by atoms with van der Waals surface area (Å²) in [7, 11) is 0. The number of hydrogen-bond donors (Lipinski definition) is 0. The molecule has 0 aromatic heterocycles. The molecule has 14 heavy (non-hydrogen) atoms. The fourth-order valence-electron chi connectivity index (χ4n) is 1.34. The maximum atomic E-state index is 13.5. The summed E-state index contributed by atoms with van der Waals surface area (Å²) in [5.41, 5.74) is 0.384. The molecule has 74 valence electrons. The Hall–Kier alpha value is -1.07. The van der Waals surface area contributed by atoms with Gasteiger partial charge in [0.2, 0.25) is 0 Å². The summed E-state index contributed by atoms with van der Waals surface area (Å²) in [5, 5.41) is 8.98. The number of nitriles is 1. The second kappa shape index (κ2) is 4.43. The third kappa shape index (κ3) is 2.05. The Kier molecular flexibility index (Phi) is 3.49. The molecule has 1 atom stereocenters. The first-order chi connectivity index (χ1) is 6.57. The average Bonchev–Trinajstić information content (AvgIpc) is 2.13. The summed E-state index contributed by atoms with van der Waals surface area (Å²) in [6, 6.07) is 6.83. The van der Waals surface area contributed by atoms with Crippen LogP contribution in [0.5, 0.6) is 0 Å². The monoisotopic (exact) mass is 211 g/mol. The zero-order valence-corrected chi connectivity index (χ0v) is 8.85. The molecule has 1 nitrogen and oxygen atoms in total. The van der Waals surface area contributed by atoms with E-state index in [4.69, 9.17) is 16.9 Å². The molecule has 0 aliphatic carbocycles. The van der Waals surface area contributed by atoms with Crippen LogP contribution in [0.2, 0.25) is 5.02 Å². The first-order valence-corrected chi connectivity index (χ1v) is 4.79. The molecule has 1 unspecified atom stereocenters. The number of halogens is 2. The number of hydrogen-bond acceptors (Lipinski definition) is 1. The van der Waals surface area contributed by atoms with E-state index in [2.05, 4.69) is 6.07 Å². The molecule has 0 aliphatic rings. The van der Waals surface area contributed by atoms with Crippen molar-refractivity contribution in [2.75, 3.05) is 0 Å². The van der Waals surface area contributed by atoms with E-state index >= 15 is 0 Å². The van der Waals surface area contributed by atoms with Crippen LogP contribution in [0.3, 0.4) is 0 Å². The van der Waals surface area contributed by atoms with Gasteiger partial charge in [0.05, 0.1) is 17.0 Å². The zero-order valence-electron chi connectivity index (χ0n) is 8.09. The summed E-state index contributed by atoms with van der Waals surface area (Å²) in [6.07, 6.45) is 0. The second-order valence-corrected chi connectivity index (χ2v) is 3.90. The van der Waals surface area contributed by atoms with Crippen LogP contribution < -0.4 is 0 Å². The molecule has 1 aromatic carbocycles. The minimum atomic E-state index is -0.477. The highest BCUT2D eigenvalue weighted by Crippen LogP contribution is 2.29. The van der Waals surface area contributed by atoms with Crippen LogP contribution in [0.15, 0.2) is 18.2 Å². The van der Waals surface area contributed by atoms with Crippen molar-refractivity contribution < 1.29 is 4.39 Å². The van der Waals surface area contributed by atoms with E-state index in [9.17, 15) is 4.39 Å². The van der Waals surface area contributed by atoms with Crippen LogP contribution in [0, 0.1) is 23.1 Å². The van der Waals surface area contributed by atoms with Gasteiger partial charge in [0, 0.05) is 5.56 Å². The van der Waals surface area contributed by atoms with Gasteiger partial charge in [0.1, 0.15) is 5.82 Å². The molecule has 3 heteroatoms. The largest absolute Gasteiger partial charge is 0.205 e. The first-order valence-electron chi connectivity index (χ1n) is 4.41. The van der Waals surface area contributed by atoms with Crippen molar-refractivity contribution in [1.82, 2.24) is 0 Å². The van der Waals surface area contributed by atoms with Crippen molar-refractivity contribution in [2.45, 2.75) is 19.8 Å². The van der Waals surface area contributed by atoms with Crippen molar-refractivity contribution >= 4 is 11.6 Å². The number of benzene rings is 1. The average molecular weight is 212 g/mol. The van der Waals surface area contributed by atoms with E-state index in [-0.39, 0.29) is 10.9 Å². The van der Waals surface area contributed by atoms with Crippen molar-refractivity contribution in [3.05, 3.63) is 34.6 Å². The van der Waals surface area contributed by atoms with E-state index in [0.29, 0.717) is 5.56 Å². The van der Waals surface area contributed by atoms with E-state index in [1.165, 1.54) is 6.07 Å². The van der Waals surface area contributed by atoms with Gasteiger partial charge < -0.3 is 0 Å². The van der Waals surface area contributed by atoms with E-state index in [1.807, 2.05) is 13.8 Å². The quantitative estimate of drug-likeness (QED) is 0.731. The molecule has 0 aliphatic heterocycles. The standard InChI is InChI=1S/C11H11ClFN/c1-7(2)9(6-14)8-4-3-5-10(12)11(8)13/h3-5,7,9H,1-2H3. The van der Waals surface area contributed by atoms with Crippen molar-refractivity contribution in [3.8, 4) is 6.07 Å². The molecule has 0 saturated carbocycles. The highest BCUT2D eigenvalue weighted by atomic mass is 35.5. The van der Waals surface area contributed by atoms with Crippen molar-refractivity contribution in [3.63, 3.8) is 0 Å². The van der Waals surface area contributed by atoms with Crippen LogP contribution in [0.25, 0.3) is 0 Å². The highest BCUT2D eigenvalue weighted by molar-refractivity contribution is 6.30. The summed E-state index contributed by atoms with van der Waals surface area (Å²) in [4.78, 5) is 0. The number of nitrogens with zero attached hydrogens (tertiary/aromatic N) is 1. The molecule has 0 N–H and O–H groups in total. The van der Waals surface area contributed by atoms with Crippen LogP contribution in [-0.2, 0) is 0 Å².